The Bertz CT molecular complexity index is 682. The van der Waals surface area contributed by atoms with Gasteiger partial charge < -0.3 is 19.5 Å². The monoisotopic (exact) mass is 291 g/mol. The maximum absolute atomic E-state index is 10.9. The van der Waals surface area contributed by atoms with E-state index in [0.717, 1.165) is 5.56 Å². The average molecular weight is 291 g/mol. The number of carboxylic acids is 1. The lowest BCUT2D eigenvalue weighted by molar-refractivity contribution is 0.0686. The fraction of sp³-hybridized carbons (Fsp3) is 0.333. The second-order valence-electron chi connectivity index (χ2n) is 5.71. The SMILES string of the molecule is COc1cc(C(C)(C)C)cc(-c2cc(C(=O)O)no2)c1O. The molecule has 0 aliphatic heterocycles. The Hall–Kier alpha value is -2.50. The van der Waals surface area contributed by atoms with E-state index < -0.39 is 5.97 Å². The van der Waals surface area contributed by atoms with Crippen LogP contribution in [0.15, 0.2) is 22.7 Å². The van der Waals surface area contributed by atoms with Crippen LogP contribution in [0.4, 0.5) is 0 Å². The van der Waals surface area contributed by atoms with Crippen molar-refractivity contribution in [2.24, 2.45) is 0 Å². The maximum atomic E-state index is 10.9. The van der Waals surface area contributed by atoms with Crippen LogP contribution in [0.1, 0.15) is 36.8 Å². The molecule has 1 aromatic heterocycles. The predicted octanol–water partition coefficient (Wildman–Crippen LogP) is 3.05. The van der Waals surface area contributed by atoms with E-state index in [9.17, 15) is 9.90 Å². The van der Waals surface area contributed by atoms with E-state index in [2.05, 4.69) is 5.16 Å². The first-order valence-corrected chi connectivity index (χ1v) is 6.36. The number of ether oxygens (including phenoxy) is 1. The molecule has 0 aliphatic carbocycles. The molecule has 0 amide bonds. The molecule has 0 unspecified atom stereocenters. The zero-order valence-corrected chi connectivity index (χ0v) is 12.3. The van der Waals surface area contributed by atoms with E-state index in [1.165, 1.54) is 13.2 Å². The molecular formula is C15H17NO5. The van der Waals surface area contributed by atoms with Crippen LogP contribution in [0.25, 0.3) is 11.3 Å². The first kappa shape index (κ1) is 14.9. The molecule has 2 N–H and O–H groups in total. The Balaban J connectivity index is 2.63. The summed E-state index contributed by atoms with van der Waals surface area (Å²) in [5.41, 5.74) is 0.870. The summed E-state index contributed by atoms with van der Waals surface area (Å²) in [5, 5.41) is 22.6. The standard InChI is InChI=1S/C15H17NO5/c1-15(2,3)8-5-9(13(17)12(6-8)20-4)11-7-10(14(18)19)16-21-11/h5-7,17H,1-4H3,(H,18,19). The lowest BCUT2D eigenvalue weighted by Crippen LogP contribution is -2.11. The second-order valence-corrected chi connectivity index (χ2v) is 5.71. The van der Waals surface area contributed by atoms with Gasteiger partial charge in [0.25, 0.3) is 0 Å². The summed E-state index contributed by atoms with van der Waals surface area (Å²) >= 11 is 0. The number of phenolic OH excluding ortho intramolecular Hbond substituents is 1. The molecule has 1 aromatic carbocycles. The number of phenols is 1. The van der Waals surface area contributed by atoms with Gasteiger partial charge in [0.15, 0.2) is 23.0 Å². The van der Waals surface area contributed by atoms with Gasteiger partial charge in [-0.25, -0.2) is 4.79 Å². The van der Waals surface area contributed by atoms with Crippen molar-refractivity contribution in [3.63, 3.8) is 0 Å². The molecule has 0 aliphatic rings. The summed E-state index contributed by atoms with van der Waals surface area (Å²) in [6.45, 7) is 6.06. The van der Waals surface area contributed by atoms with Crippen molar-refractivity contribution >= 4 is 5.97 Å². The number of carboxylic acid groups (broad SMARTS) is 1. The number of aromatic nitrogens is 1. The topological polar surface area (TPSA) is 92.8 Å². The Morgan fingerprint density at radius 1 is 1.29 bits per heavy atom. The van der Waals surface area contributed by atoms with Gasteiger partial charge in [-0.1, -0.05) is 25.9 Å². The molecule has 0 atom stereocenters. The molecule has 0 saturated carbocycles. The number of rotatable bonds is 3. The van der Waals surface area contributed by atoms with Gasteiger partial charge in [-0.2, -0.15) is 0 Å². The van der Waals surface area contributed by atoms with Crippen molar-refractivity contribution in [2.45, 2.75) is 26.2 Å². The minimum Gasteiger partial charge on any atom is -0.504 e. The van der Waals surface area contributed by atoms with Gasteiger partial charge in [-0.15, -0.1) is 0 Å². The van der Waals surface area contributed by atoms with E-state index in [0.29, 0.717) is 11.3 Å². The predicted molar refractivity (Wildman–Crippen MR) is 75.8 cm³/mol. The molecular weight excluding hydrogens is 274 g/mol. The van der Waals surface area contributed by atoms with E-state index in [4.69, 9.17) is 14.4 Å². The summed E-state index contributed by atoms with van der Waals surface area (Å²) in [5.74, 6) is -0.831. The van der Waals surface area contributed by atoms with Crippen molar-refractivity contribution in [1.82, 2.24) is 5.16 Å². The van der Waals surface area contributed by atoms with Gasteiger partial charge in [-0.3, -0.25) is 0 Å². The van der Waals surface area contributed by atoms with Crippen molar-refractivity contribution in [1.29, 1.82) is 0 Å². The summed E-state index contributed by atoms with van der Waals surface area (Å²) < 4.78 is 10.2. The average Bonchev–Trinajstić information content (AvgIpc) is 2.87. The fourth-order valence-corrected chi connectivity index (χ4v) is 1.89. The minimum atomic E-state index is -1.19. The Morgan fingerprint density at radius 2 is 1.95 bits per heavy atom. The van der Waals surface area contributed by atoms with Crippen molar-refractivity contribution in [3.8, 4) is 22.8 Å². The molecule has 0 radical (unpaired) electrons. The number of carbonyl (C=O) groups is 1. The van der Waals surface area contributed by atoms with E-state index >= 15 is 0 Å². The Kier molecular flexibility index (Phi) is 3.63. The highest BCUT2D eigenvalue weighted by Gasteiger charge is 2.22. The minimum absolute atomic E-state index is 0.112. The molecule has 2 aromatic rings. The third-order valence-corrected chi connectivity index (χ3v) is 3.16. The van der Waals surface area contributed by atoms with E-state index in [1.54, 1.807) is 12.1 Å². The number of hydrogen-bond donors (Lipinski definition) is 2. The van der Waals surface area contributed by atoms with Crippen LogP contribution in [-0.2, 0) is 5.41 Å². The van der Waals surface area contributed by atoms with E-state index in [-0.39, 0.29) is 22.6 Å². The lowest BCUT2D eigenvalue weighted by Gasteiger charge is -2.21. The Morgan fingerprint density at radius 3 is 2.43 bits per heavy atom. The molecule has 1 heterocycles. The largest absolute Gasteiger partial charge is 0.504 e. The van der Waals surface area contributed by atoms with Crippen LogP contribution in [0.3, 0.4) is 0 Å². The number of nitrogens with zero attached hydrogens (tertiary/aromatic N) is 1. The number of aromatic carboxylic acids is 1. The van der Waals surface area contributed by atoms with E-state index in [1.807, 2.05) is 20.8 Å². The third kappa shape index (κ3) is 2.84. The van der Waals surface area contributed by atoms with Gasteiger partial charge in [0.2, 0.25) is 0 Å². The maximum Gasteiger partial charge on any atom is 0.358 e. The van der Waals surface area contributed by atoms with Crippen molar-refractivity contribution in [3.05, 3.63) is 29.5 Å². The summed E-state index contributed by atoms with van der Waals surface area (Å²) in [4.78, 5) is 10.9. The van der Waals surface area contributed by atoms with Gasteiger partial charge in [0, 0.05) is 6.07 Å². The summed E-state index contributed by atoms with van der Waals surface area (Å²) in [7, 11) is 1.45. The summed E-state index contributed by atoms with van der Waals surface area (Å²) in [6.07, 6.45) is 0. The number of aromatic hydroxyl groups is 1. The molecule has 0 saturated heterocycles. The molecule has 6 heteroatoms. The summed E-state index contributed by atoms with van der Waals surface area (Å²) in [6, 6.07) is 4.75. The quantitative estimate of drug-likeness (QED) is 0.902. The number of hydrogen-bond acceptors (Lipinski definition) is 5. The molecule has 21 heavy (non-hydrogen) atoms. The van der Waals surface area contributed by atoms with Crippen LogP contribution in [0.5, 0.6) is 11.5 Å². The molecule has 112 valence electrons. The van der Waals surface area contributed by atoms with Crippen LogP contribution in [0, 0.1) is 0 Å². The van der Waals surface area contributed by atoms with Gasteiger partial charge in [-0.05, 0) is 23.1 Å². The lowest BCUT2D eigenvalue weighted by atomic mass is 9.85. The number of methoxy groups -OCH3 is 1. The highest BCUT2D eigenvalue weighted by atomic mass is 16.5. The fourth-order valence-electron chi connectivity index (χ4n) is 1.89. The number of benzene rings is 1. The highest BCUT2D eigenvalue weighted by molar-refractivity contribution is 5.87. The molecule has 0 bridgehead atoms. The third-order valence-electron chi connectivity index (χ3n) is 3.16. The van der Waals surface area contributed by atoms with Gasteiger partial charge in [0.1, 0.15) is 0 Å². The zero-order valence-electron chi connectivity index (χ0n) is 12.3. The molecule has 2 rings (SSSR count). The van der Waals surface area contributed by atoms with Crippen molar-refractivity contribution in [2.75, 3.05) is 7.11 Å². The first-order valence-electron chi connectivity index (χ1n) is 6.36. The van der Waals surface area contributed by atoms with Crippen LogP contribution in [-0.4, -0.2) is 28.4 Å². The van der Waals surface area contributed by atoms with Crippen LogP contribution >= 0.6 is 0 Å². The molecule has 0 spiro atoms. The normalized spacial score (nSPS) is 11.4. The van der Waals surface area contributed by atoms with Gasteiger partial charge in [0.05, 0.1) is 12.7 Å². The van der Waals surface area contributed by atoms with Crippen LogP contribution in [0.2, 0.25) is 0 Å². The smallest absolute Gasteiger partial charge is 0.358 e. The molecule has 0 fully saturated rings. The zero-order chi connectivity index (χ0) is 15.8. The first-order chi connectivity index (χ1) is 9.74. The second kappa shape index (κ2) is 5.12. The highest BCUT2D eigenvalue weighted by Crippen LogP contribution is 2.41. The van der Waals surface area contributed by atoms with Crippen molar-refractivity contribution < 1.29 is 24.3 Å². The van der Waals surface area contributed by atoms with Gasteiger partial charge >= 0.3 is 5.97 Å². The molecule has 6 nitrogen and oxygen atoms in total. The Labute approximate surface area is 122 Å². The van der Waals surface area contributed by atoms with Crippen LogP contribution < -0.4 is 4.74 Å².